The molecule has 4 rings (SSSR count). The number of carbonyl (C=O) groups excluding carboxylic acids is 2. The van der Waals surface area contributed by atoms with Gasteiger partial charge in [-0.05, 0) is 55.0 Å². The maximum Gasteiger partial charge on any atom is 0.265 e. The van der Waals surface area contributed by atoms with Crippen LogP contribution in [0.15, 0.2) is 72.8 Å². The number of carbonyl (C=O) groups is 2. The van der Waals surface area contributed by atoms with Crippen molar-refractivity contribution in [1.82, 2.24) is 0 Å². The Morgan fingerprint density at radius 3 is 2.57 bits per heavy atom. The smallest absolute Gasteiger partial charge is 0.265 e. The summed E-state index contributed by atoms with van der Waals surface area (Å²) in [4.78, 5) is 26.9. The van der Waals surface area contributed by atoms with E-state index < -0.39 is 0 Å². The molecule has 0 aromatic heterocycles. The van der Waals surface area contributed by atoms with Gasteiger partial charge in [-0.25, -0.2) is 0 Å². The van der Waals surface area contributed by atoms with Gasteiger partial charge in [-0.3, -0.25) is 9.59 Å². The van der Waals surface area contributed by atoms with Crippen molar-refractivity contribution in [2.75, 3.05) is 23.4 Å². The van der Waals surface area contributed by atoms with Gasteiger partial charge in [-0.2, -0.15) is 0 Å². The van der Waals surface area contributed by atoms with Gasteiger partial charge in [-0.15, -0.1) is 0 Å². The largest absolute Gasteiger partial charge is 0.494 e. The number of nitrogens with one attached hydrogen (secondary N) is 1. The molecule has 1 aliphatic heterocycles. The first-order valence-electron chi connectivity index (χ1n) is 9.79. The monoisotopic (exact) mass is 402 g/mol. The Morgan fingerprint density at radius 1 is 1.07 bits per heavy atom. The van der Waals surface area contributed by atoms with Crippen LogP contribution in [-0.2, 0) is 11.3 Å². The average Bonchev–Trinajstić information content (AvgIpc) is 2.77. The number of amides is 2. The maximum atomic E-state index is 12.8. The van der Waals surface area contributed by atoms with E-state index in [1.807, 2.05) is 37.3 Å². The first-order chi connectivity index (χ1) is 14.6. The Kier molecular flexibility index (Phi) is 5.66. The Morgan fingerprint density at radius 2 is 1.83 bits per heavy atom. The minimum atomic E-state index is -0.264. The van der Waals surface area contributed by atoms with E-state index in [1.54, 1.807) is 47.4 Å². The molecular formula is C24H22N2O4. The van der Waals surface area contributed by atoms with Crippen molar-refractivity contribution in [3.05, 3.63) is 83.9 Å². The quantitative estimate of drug-likeness (QED) is 0.669. The summed E-state index contributed by atoms with van der Waals surface area (Å²) in [5.74, 6) is 0.926. The molecule has 152 valence electrons. The predicted octanol–water partition coefficient (Wildman–Crippen LogP) is 4.26. The van der Waals surface area contributed by atoms with Gasteiger partial charge in [0.05, 0.1) is 18.8 Å². The van der Waals surface area contributed by atoms with Gasteiger partial charge in [0.15, 0.2) is 6.61 Å². The van der Waals surface area contributed by atoms with Gasteiger partial charge in [0.25, 0.3) is 11.8 Å². The highest BCUT2D eigenvalue weighted by molar-refractivity contribution is 6.06. The second kappa shape index (κ2) is 8.69. The molecule has 1 heterocycles. The summed E-state index contributed by atoms with van der Waals surface area (Å²) in [6.45, 7) is 2.90. The zero-order valence-corrected chi connectivity index (χ0v) is 16.6. The highest BCUT2D eigenvalue weighted by Gasteiger charge is 2.26. The summed E-state index contributed by atoms with van der Waals surface area (Å²) < 4.78 is 11.0. The highest BCUT2D eigenvalue weighted by Crippen LogP contribution is 2.34. The number of hydrogen-bond donors (Lipinski definition) is 1. The molecule has 0 atom stereocenters. The van der Waals surface area contributed by atoms with Crippen molar-refractivity contribution >= 4 is 23.2 Å². The molecule has 0 bridgehead atoms. The zero-order chi connectivity index (χ0) is 20.9. The fraction of sp³-hybridized carbons (Fsp3) is 0.167. The maximum absolute atomic E-state index is 12.8. The van der Waals surface area contributed by atoms with E-state index in [0.717, 1.165) is 11.3 Å². The van der Waals surface area contributed by atoms with Crippen LogP contribution in [0.4, 0.5) is 11.4 Å². The van der Waals surface area contributed by atoms with E-state index in [-0.39, 0.29) is 18.4 Å². The lowest BCUT2D eigenvalue weighted by molar-refractivity contribution is -0.121. The Balaban J connectivity index is 1.55. The lowest BCUT2D eigenvalue weighted by Gasteiger charge is -2.29. The van der Waals surface area contributed by atoms with Crippen LogP contribution in [-0.4, -0.2) is 25.0 Å². The number of rotatable bonds is 6. The van der Waals surface area contributed by atoms with Crippen LogP contribution in [0, 0.1) is 0 Å². The minimum absolute atomic E-state index is 0.0163. The summed E-state index contributed by atoms with van der Waals surface area (Å²) in [5, 5.41) is 2.87. The lowest BCUT2D eigenvalue weighted by Crippen LogP contribution is -2.38. The molecular weight excluding hydrogens is 380 g/mol. The molecule has 0 saturated heterocycles. The van der Waals surface area contributed by atoms with Crippen molar-refractivity contribution in [1.29, 1.82) is 0 Å². The number of hydrogen-bond acceptors (Lipinski definition) is 4. The molecule has 6 heteroatoms. The summed E-state index contributed by atoms with van der Waals surface area (Å²) in [5.41, 5.74) is 2.70. The number of benzene rings is 3. The van der Waals surface area contributed by atoms with Crippen LogP contribution < -0.4 is 19.7 Å². The third-order valence-corrected chi connectivity index (χ3v) is 4.77. The van der Waals surface area contributed by atoms with Crippen LogP contribution in [0.3, 0.4) is 0 Å². The standard InChI is InChI=1S/C24H22N2O4/c1-2-29-20-11-9-19(10-12-20)25-24(28)18-8-13-22-21(14-18)26(23(27)16-30-22)15-17-6-4-3-5-7-17/h3-14H,2,15-16H2,1H3,(H,25,28). The topological polar surface area (TPSA) is 67.9 Å². The van der Waals surface area contributed by atoms with Crippen molar-refractivity contribution in [3.63, 3.8) is 0 Å². The van der Waals surface area contributed by atoms with Crippen molar-refractivity contribution in [2.45, 2.75) is 13.5 Å². The number of nitrogens with zero attached hydrogens (tertiary/aromatic N) is 1. The van der Waals surface area contributed by atoms with Crippen LogP contribution >= 0.6 is 0 Å². The molecule has 6 nitrogen and oxygen atoms in total. The summed E-state index contributed by atoms with van der Waals surface area (Å²) in [6.07, 6.45) is 0. The molecule has 0 aliphatic carbocycles. The second-order valence-corrected chi connectivity index (χ2v) is 6.85. The van der Waals surface area contributed by atoms with Gasteiger partial charge in [0.2, 0.25) is 0 Å². The summed E-state index contributed by atoms with van der Waals surface area (Å²) in [7, 11) is 0. The summed E-state index contributed by atoms with van der Waals surface area (Å²) in [6, 6.07) is 22.0. The molecule has 1 N–H and O–H groups in total. The Labute approximate surface area is 175 Å². The number of anilines is 2. The zero-order valence-electron chi connectivity index (χ0n) is 16.6. The van der Waals surface area contributed by atoms with Gasteiger partial charge in [-0.1, -0.05) is 30.3 Å². The fourth-order valence-electron chi connectivity index (χ4n) is 3.29. The first-order valence-corrected chi connectivity index (χ1v) is 9.79. The molecule has 0 radical (unpaired) electrons. The molecule has 30 heavy (non-hydrogen) atoms. The van der Waals surface area contributed by atoms with Crippen molar-refractivity contribution in [2.24, 2.45) is 0 Å². The summed E-state index contributed by atoms with van der Waals surface area (Å²) >= 11 is 0. The highest BCUT2D eigenvalue weighted by atomic mass is 16.5. The third kappa shape index (κ3) is 4.27. The molecule has 0 spiro atoms. The van der Waals surface area contributed by atoms with E-state index >= 15 is 0 Å². The van der Waals surface area contributed by atoms with E-state index in [2.05, 4.69) is 5.32 Å². The van der Waals surface area contributed by atoms with Crippen LogP contribution in [0.2, 0.25) is 0 Å². The molecule has 2 amide bonds. The van der Waals surface area contributed by atoms with E-state index in [4.69, 9.17) is 9.47 Å². The first kappa shape index (κ1) is 19.5. The lowest BCUT2D eigenvalue weighted by atomic mass is 10.1. The van der Waals surface area contributed by atoms with E-state index in [0.29, 0.717) is 35.8 Å². The van der Waals surface area contributed by atoms with Crippen LogP contribution in [0.25, 0.3) is 0 Å². The van der Waals surface area contributed by atoms with Crippen molar-refractivity contribution < 1.29 is 19.1 Å². The number of fused-ring (bicyclic) bond motifs is 1. The van der Waals surface area contributed by atoms with Gasteiger partial charge >= 0.3 is 0 Å². The van der Waals surface area contributed by atoms with Gasteiger partial charge in [0, 0.05) is 11.3 Å². The molecule has 3 aromatic rings. The normalized spacial score (nSPS) is 12.7. The van der Waals surface area contributed by atoms with Crippen molar-refractivity contribution in [3.8, 4) is 11.5 Å². The Hall–Kier alpha value is -3.80. The number of ether oxygens (including phenoxy) is 2. The minimum Gasteiger partial charge on any atom is -0.494 e. The van der Waals surface area contributed by atoms with Crippen LogP contribution in [0.5, 0.6) is 11.5 Å². The van der Waals surface area contributed by atoms with E-state index in [1.165, 1.54) is 0 Å². The van der Waals surface area contributed by atoms with Gasteiger partial charge in [0.1, 0.15) is 11.5 Å². The second-order valence-electron chi connectivity index (χ2n) is 6.85. The SMILES string of the molecule is CCOc1ccc(NC(=O)c2ccc3c(c2)N(Cc2ccccc2)C(=O)CO3)cc1. The third-order valence-electron chi connectivity index (χ3n) is 4.77. The predicted molar refractivity (Wildman–Crippen MR) is 115 cm³/mol. The molecule has 0 unspecified atom stereocenters. The Bertz CT molecular complexity index is 1050. The van der Waals surface area contributed by atoms with E-state index in [9.17, 15) is 9.59 Å². The molecule has 3 aromatic carbocycles. The fourth-order valence-corrected chi connectivity index (χ4v) is 3.29. The molecule has 0 fully saturated rings. The molecule has 1 aliphatic rings. The van der Waals surface area contributed by atoms with Crippen LogP contribution in [0.1, 0.15) is 22.8 Å². The average molecular weight is 402 g/mol. The van der Waals surface area contributed by atoms with Gasteiger partial charge < -0.3 is 19.7 Å². The molecule has 0 saturated carbocycles.